The van der Waals surface area contributed by atoms with Crippen LogP contribution in [0, 0.1) is 0 Å². The third-order valence-corrected chi connectivity index (χ3v) is 2.19. The minimum absolute atomic E-state index is 0.212. The van der Waals surface area contributed by atoms with E-state index >= 15 is 0 Å². The summed E-state index contributed by atoms with van der Waals surface area (Å²) in [5.74, 6) is 0.0897. The number of H-pyrrole nitrogens is 1. The average Bonchev–Trinajstić information content (AvgIpc) is 2.63. The highest BCUT2D eigenvalue weighted by Crippen LogP contribution is 2.04. The maximum absolute atomic E-state index is 10.6. The van der Waals surface area contributed by atoms with E-state index in [4.69, 9.17) is 4.74 Å². The van der Waals surface area contributed by atoms with Crippen LogP contribution >= 0.6 is 0 Å². The molecule has 2 heterocycles. The molecule has 0 spiro atoms. The molecule has 0 aromatic carbocycles. The van der Waals surface area contributed by atoms with E-state index in [1.165, 1.54) is 0 Å². The van der Waals surface area contributed by atoms with Gasteiger partial charge in [0.1, 0.15) is 0 Å². The summed E-state index contributed by atoms with van der Waals surface area (Å²) in [6.45, 7) is 2.53. The summed E-state index contributed by atoms with van der Waals surface area (Å²) >= 11 is 0. The molecule has 1 saturated heterocycles. The number of hydrogen-bond donors (Lipinski definition) is 2. The molecule has 1 aromatic heterocycles. The summed E-state index contributed by atoms with van der Waals surface area (Å²) < 4.78 is 9.88. The molecule has 0 saturated carbocycles. The fourth-order valence-electron chi connectivity index (χ4n) is 1.47. The number of ether oxygens (including phenoxy) is 1. The molecule has 0 bridgehead atoms. The fraction of sp³-hybridized carbons (Fsp3) is 0.750. The topological polar surface area (TPSA) is 80.2 Å². The highest BCUT2D eigenvalue weighted by molar-refractivity contribution is 4.81. The van der Waals surface area contributed by atoms with Crippen molar-refractivity contribution in [3.63, 3.8) is 0 Å². The Balaban J connectivity index is 1.78. The number of nitrogens with zero attached hydrogens (tertiary/aromatic N) is 1. The predicted octanol–water partition coefficient (Wildman–Crippen LogP) is -0.716. The number of aromatic nitrogens is 2. The van der Waals surface area contributed by atoms with Gasteiger partial charge >= 0.3 is 5.76 Å². The van der Waals surface area contributed by atoms with E-state index in [2.05, 4.69) is 20.0 Å². The summed E-state index contributed by atoms with van der Waals surface area (Å²) in [7, 11) is 0. The van der Waals surface area contributed by atoms with Crippen molar-refractivity contribution in [1.29, 1.82) is 0 Å². The SMILES string of the molecule is O=c1[nH]c(CC[C@@H]2CNCCO2)no1. The van der Waals surface area contributed by atoms with E-state index in [1.807, 2.05) is 0 Å². The van der Waals surface area contributed by atoms with Crippen molar-refractivity contribution >= 4 is 0 Å². The van der Waals surface area contributed by atoms with Gasteiger partial charge in [-0.3, -0.25) is 9.51 Å². The van der Waals surface area contributed by atoms with Crippen LogP contribution in [0.15, 0.2) is 9.32 Å². The van der Waals surface area contributed by atoms with Crippen LogP contribution in [0.1, 0.15) is 12.2 Å². The molecule has 2 N–H and O–H groups in total. The molecular weight excluding hydrogens is 186 g/mol. The van der Waals surface area contributed by atoms with Gasteiger partial charge < -0.3 is 10.1 Å². The van der Waals surface area contributed by atoms with Gasteiger partial charge in [-0.25, -0.2) is 4.79 Å². The molecule has 1 aromatic rings. The molecular formula is C8H13N3O3. The van der Waals surface area contributed by atoms with Crippen LogP contribution in [0.25, 0.3) is 0 Å². The summed E-state index contributed by atoms with van der Waals surface area (Å²) in [6, 6.07) is 0. The first-order chi connectivity index (χ1) is 6.84. The Morgan fingerprint density at radius 1 is 1.57 bits per heavy atom. The molecule has 6 heteroatoms. The minimum Gasteiger partial charge on any atom is -0.376 e. The minimum atomic E-state index is -0.498. The molecule has 1 aliphatic heterocycles. The number of nitrogens with one attached hydrogen (secondary N) is 2. The Bertz CT molecular complexity index is 327. The van der Waals surface area contributed by atoms with Crippen molar-refractivity contribution in [2.24, 2.45) is 0 Å². The molecule has 1 aliphatic rings. The van der Waals surface area contributed by atoms with E-state index in [-0.39, 0.29) is 6.10 Å². The van der Waals surface area contributed by atoms with Gasteiger partial charge in [-0.05, 0) is 6.42 Å². The highest BCUT2D eigenvalue weighted by Gasteiger charge is 2.13. The predicted molar refractivity (Wildman–Crippen MR) is 48.1 cm³/mol. The van der Waals surface area contributed by atoms with Gasteiger partial charge in [0, 0.05) is 19.5 Å². The third-order valence-electron chi connectivity index (χ3n) is 2.19. The molecule has 14 heavy (non-hydrogen) atoms. The van der Waals surface area contributed by atoms with Gasteiger partial charge in [0.2, 0.25) is 0 Å². The van der Waals surface area contributed by atoms with Crippen LogP contribution in [-0.4, -0.2) is 35.9 Å². The number of morpholine rings is 1. The van der Waals surface area contributed by atoms with Crippen LogP contribution in [0.5, 0.6) is 0 Å². The first-order valence-electron chi connectivity index (χ1n) is 4.72. The van der Waals surface area contributed by atoms with Gasteiger partial charge in [-0.15, -0.1) is 0 Å². The second-order valence-corrected chi connectivity index (χ2v) is 3.28. The maximum atomic E-state index is 10.6. The van der Waals surface area contributed by atoms with Crippen molar-refractivity contribution in [3.8, 4) is 0 Å². The van der Waals surface area contributed by atoms with E-state index in [9.17, 15) is 4.79 Å². The molecule has 2 rings (SSSR count). The Morgan fingerprint density at radius 3 is 3.14 bits per heavy atom. The normalized spacial score (nSPS) is 22.4. The smallest absolute Gasteiger partial charge is 0.376 e. The Hall–Kier alpha value is -1.14. The lowest BCUT2D eigenvalue weighted by Gasteiger charge is -2.22. The molecule has 1 atom stereocenters. The first kappa shape index (κ1) is 9.42. The summed E-state index contributed by atoms with van der Waals surface area (Å²) in [4.78, 5) is 13.1. The monoisotopic (exact) mass is 199 g/mol. The van der Waals surface area contributed by atoms with E-state index < -0.39 is 5.76 Å². The van der Waals surface area contributed by atoms with Crippen molar-refractivity contribution < 1.29 is 9.26 Å². The summed E-state index contributed by atoms with van der Waals surface area (Å²) in [5, 5.41) is 6.82. The van der Waals surface area contributed by atoms with Crippen LogP contribution in [0.4, 0.5) is 0 Å². The zero-order chi connectivity index (χ0) is 9.80. The van der Waals surface area contributed by atoms with Gasteiger partial charge in [0.05, 0.1) is 12.7 Å². The zero-order valence-electron chi connectivity index (χ0n) is 7.78. The second-order valence-electron chi connectivity index (χ2n) is 3.28. The van der Waals surface area contributed by atoms with Crippen LogP contribution in [0.3, 0.4) is 0 Å². The number of rotatable bonds is 3. The molecule has 6 nitrogen and oxygen atoms in total. The molecule has 1 fully saturated rings. The zero-order valence-corrected chi connectivity index (χ0v) is 7.78. The lowest BCUT2D eigenvalue weighted by Crippen LogP contribution is -2.38. The largest absolute Gasteiger partial charge is 0.438 e. The molecule has 78 valence electrons. The second kappa shape index (κ2) is 4.39. The van der Waals surface area contributed by atoms with Crippen LogP contribution in [-0.2, 0) is 11.2 Å². The Labute approximate surface area is 80.6 Å². The standard InChI is InChI=1S/C8H13N3O3/c12-8-10-7(11-14-8)2-1-6-5-9-3-4-13-6/h6,9H,1-5H2,(H,10,11,12)/t6-/m1/s1. The van der Waals surface area contributed by atoms with E-state index in [0.29, 0.717) is 12.2 Å². The van der Waals surface area contributed by atoms with Crippen molar-refractivity contribution in [1.82, 2.24) is 15.5 Å². The highest BCUT2D eigenvalue weighted by atomic mass is 16.5. The average molecular weight is 199 g/mol. The van der Waals surface area contributed by atoms with Crippen LogP contribution in [0.2, 0.25) is 0 Å². The number of hydrogen-bond acceptors (Lipinski definition) is 5. The van der Waals surface area contributed by atoms with Gasteiger partial charge in [-0.1, -0.05) is 5.16 Å². The molecule has 0 amide bonds. The van der Waals surface area contributed by atoms with E-state index in [1.54, 1.807) is 0 Å². The first-order valence-corrected chi connectivity index (χ1v) is 4.72. The van der Waals surface area contributed by atoms with Gasteiger partial charge in [-0.2, -0.15) is 0 Å². The van der Waals surface area contributed by atoms with Crippen molar-refractivity contribution in [2.75, 3.05) is 19.7 Å². The Kier molecular flexibility index (Phi) is 2.95. The molecule has 0 unspecified atom stereocenters. The Morgan fingerprint density at radius 2 is 2.50 bits per heavy atom. The quantitative estimate of drug-likeness (QED) is 0.671. The van der Waals surface area contributed by atoms with Gasteiger partial charge in [0.15, 0.2) is 5.82 Å². The lowest BCUT2D eigenvalue weighted by molar-refractivity contribution is 0.0235. The maximum Gasteiger partial charge on any atom is 0.438 e. The van der Waals surface area contributed by atoms with E-state index in [0.717, 1.165) is 26.1 Å². The van der Waals surface area contributed by atoms with Gasteiger partial charge in [0.25, 0.3) is 0 Å². The van der Waals surface area contributed by atoms with Crippen molar-refractivity contribution in [3.05, 3.63) is 16.4 Å². The molecule has 0 aliphatic carbocycles. The van der Waals surface area contributed by atoms with Crippen molar-refractivity contribution in [2.45, 2.75) is 18.9 Å². The third kappa shape index (κ3) is 2.43. The lowest BCUT2D eigenvalue weighted by atomic mass is 10.2. The fourth-order valence-corrected chi connectivity index (χ4v) is 1.47. The number of aryl methyl sites for hydroxylation is 1. The molecule has 0 radical (unpaired) electrons. The van der Waals surface area contributed by atoms with Crippen LogP contribution < -0.4 is 11.1 Å². The summed E-state index contributed by atoms with van der Waals surface area (Å²) in [6.07, 6.45) is 1.73. The number of aromatic amines is 1. The summed E-state index contributed by atoms with van der Waals surface area (Å²) in [5.41, 5.74) is 0.